The van der Waals surface area contributed by atoms with Gasteiger partial charge >= 0.3 is 12.1 Å². The predicted octanol–water partition coefficient (Wildman–Crippen LogP) is 0.358. The van der Waals surface area contributed by atoms with E-state index in [0.717, 1.165) is 4.90 Å². The largest absolute Gasteiger partial charge is 0.481 e. The first-order valence-electron chi connectivity index (χ1n) is 6.66. The summed E-state index contributed by atoms with van der Waals surface area (Å²) in [6.07, 6.45) is -5.66. The third-order valence-corrected chi connectivity index (χ3v) is 4.18. The lowest BCUT2D eigenvalue weighted by Crippen LogP contribution is -2.48. The SMILES string of the molecule is NCC1CCC(C(=O)N2CCC(C(=O)O)(C(F)(F)F)C2)O1. The third-order valence-electron chi connectivity index (χ3n) is 4.18. The van der Waals surface area contributed by atoms with Crippen molar-refractivity contribution in [3.63, 3.8) is 0 Å². The van der Waals surface area contributed by atoms with Crippen LogP contribution in [-0.4, -0.2) is 59.9 Å². The molecule has 2 aliphatic heterocycles. The first kappa shape index (κ1) is 16.0. The molecule has 3 unspecified atom stereocenters. The molecular weight excluding hydrogens is 293 g/mol. The zero-order valence-corrected chi connectivity index (χ0v) is 11.2. The molecule has 6 nitrogen and oxygen atoms in total. The molecule has 0 aromatic carbocycles. The highest BCUT2D eigenvalue weighted by Crippen LogP contribution is 2.46. The Morgan fingerprint density at radius 1 is 1.38 bits per heavy atom. The van der Waals surface area contributed by atoms with Gasteiger partial charge in [-0.15, -0.1) is 0 Å². The van der Waals surface area contributed by atoms with Crippen LogP contribution in [0.3, 0.4) is 0 Å². The van der Waals surface area contributed by atoms with Crippen LogP contribution >= 0.6 is 0 Å². The monoisotopic (exact) mass is 310 g/mol. The lowest BCUT2D eigenvalue weighted by atomic mass is 9.86. The van der Waals surface area contributed by atoms with Gasteiger partial charge in [-0.2, -0.15) is 13.2 Å². The van der Waals surface area contributed by atoms with E-state index in [2.05, 4.69) is 0 Å². The maximum Gasteiger partial charge on any atom is 0.406 e. The number of amides is 1. The third kappa shape index (κ3) is 2.71. The van der Waals surface area contributed by atoms with Crippen molar-refractivity contribution in [1.82, 2.24) is 4.90 Å². The number of aliphatic carboxylic acids is 1. The van der Waals surface area contributed by atoms with Gasteiger partial charge in [0.05, 0.1) is 6.10 Å². The summed E-state index contributed by atoms with van der Waals surface area (Å²) in [6, 6.07) is 0. The molecule has 2 saturated heterocycles. The van der Waals surface area contributed by atoms with Gasteiger partial charge in [0.15, 0.2) is 5.41 Å². The van der Waals surface area contributed by atoms with Crippen LogP contribution in [0.15, 0.2) is 0 Å². The van der Waals surface area contributed by atoms with E-state index in [-0.39, 0.29) is 19.2 Å². The summed E-state index contributed by atoms with van der Waals surface area (Å²) in [5, 5.41) is 8.94. The van der Waals surface area contributed by atoms with Gasteiger partial charge in [-0.3, -0.25) is 9.59 Å². The van der Waals surface area contributed by atoms with Crippen LogP contribution in [0.2, 0.25) is 0 Å². The molecule has 2 aliphatic rings. The molecular formula is C12H17F3N2O4. The second-order valence-corrected chi connectivity index (χ2v) is 5.45. The fourth-order valence-electron chi connectivity index (χ4n) is 2.79. The first-order chi connectivity index (χ1) is 9.71. The van der Waals surface area contributed by atoms with Crippen molar-refractivity contribution in [3.8, 4) is 0 Å². The normalized spacial score (nSPS) is 33.4. The van der Waals surface area contributed by atoms with E-state index in [0.29, 0.717) is 12.8 Å². The number of hydrogen-bond donors (Lipinski definition) is 2. The molecule has 3 N–H and O–H groups in total. The minimum atomic E-state index is -4.90. The van der Waals surface area contributed by atoms with Gasteiger partial charge in [0, 0.05) is 19.6 Å². The number of likely N-dealkylation sites (tertiary alicyclic amines) is 1. The summed E-state index contributed by atoms with van der Waals surface area (Å²) in [6.45, 7) is -0.860. The number of hydrogen-bond acceptors (Lipinski definition) is 4. The summed E-state index contributed by atoms with van der Waals surface area (Å²) in [5.41, 5.74) is 2.53. The minimum absolute atomic E-state index is 0.238. The Morgan fingerprint density at radius 2 is 2.05 bits per heavy atom. The van der Waals surface area contributed by atoms with Crippen LogP contribution in [0.4, 0.5) is 13.2 Å². The van der Waals surface area contributed by atoms with Crippen molar-refractivity contribution in [2.75, 3.05) is 19.6 Å². The minimum Gasteiger partial charge on any atom is -0.481 e. The number of ether oxygens (including phenoxy) is 1. The lowest BCUT2D eigenvalue weighted by Gasteiger charge is -2.28. The number of carboxylic acids is 1. The van der Waals surface area contributed by atoms with E-state index in [1.807, 2.05) is 0 Å². The van der Waals surface area contributed by atoms with Crippen LogP contribution in [-0.2, 0) is 14.3 Å². The van der Waals surface area contributed by atoms with E-state index in [1.54, 1.807) is 0 Å². The summed E-state index contributed by atoms with van der Waals surface area (Å²) >= 11 is 0. The van der Waals surface area contributed by atoms with E-state index >= 15 is 0 Å². The number of alkyl halides is 3. The zero-order valence-electron chi connectivity index (χ0n) is 11.2. The smallest absolute Gasteiger partial charge is 0.406 e. The Labute approximate surface area is 119 Å². The van der Waals surface area contributed by atoms with Crippen molar-refractivity contribution >= 4 is 11.9 Å². The molecule has 1 amide bonds. The Morgan fingerprint density at radius 3 is 2.48 bits per heavy atom. The highest BCUT2D eigenvalue weighted by molar-refractivity contribution is 5.84. The number of rotatable bonds is 3. The second kappa shape index (κ2) is 5.45. The molecule has 3 atom stereocenters. The molecule has 0 saturated carbocycles. The average molecular weight is 310 g/mol. The summed E-state index contributed by atoms with van der Waals surface area (Å²) in [5.74, 6) is -2.53. The molecule has 120 valence electrons. The van der Waals surface area contributed by atoms with Crippen molar-refractivity contribution in [2.24, 2.45) is 11.1 Å². The van der Waals surface area contributed by atoms with Gasteiger partial charge in [0.1, 0.15) is 6.10 Å². The van der Waals surface area contributed by atoms with Gasteiger partial charge in [0.2, 0.25) is 0 Å². The second-order valence-electron chi connectivity index (χ2n) is 5.45. The zero-order chi connectivity index (χ0) is 15.8. The van der Waals surface area contributed by atoms with Crippen molar-refractivity contribution in [2.45, 2.75) is 37.6 Å². The summed E-state index contributed by atoms with van der Waals surface area (Å²) in [7, 11) is 0. The molecule has 0 aliphatic carbocycles. The quantitative estimate of drug-likeness (QED) is 0.785. The lowest BCUT2D eigenvalue weighted by molar-refractivity contribution is -0.227. The van der Waals surface area contributed by atoms with Gasteiger partial charge in [-0.05, 0) is 19.3 Å². The Kier molecular flexibility index (Phi) is 4.16. The van der Waals surface area contributed by atoms with E-state index in [9.17, 15) is 22.8 Å². The summed E-state index contributed by atoms with van der Waals surface area (Å²) < 4.78 is 44.4. The van der Waals surface area contributed by atoms with E-state index in [4.69, 9.17) is 15.6 Å². The highest BCUT2D eigenvalue weighted by atomic mass is 19.4. The Bertz CT molecular complexity index is 443. The molecule has 0 bridgehead atoms. The Hall–Kier alpha value is -1.35. The number of carbonyl (C=O) groups excluding carboxylic acids is 1. The van der Waals surface area contributed by atoms with Crippen LogP contribution in [0.5, 0.6) is 0 Å². The van der Waals surface area contributed by atoms with Crippen molar-refractivity contribution < 1.29 is 32.6 Å². The van der Waals surface area contributed by atoms with Crippen molar-refractivity contribution in [3.05, 3.63) is 0 Å². The van der Waals surface area contributed by atoms with Crippen LogP contribution in [0.25, 0.3) is 0 Å². The standard InChI is InChI=1S/C12H17F3N2O4/c13-12(14,15)11(10(19)20)3-4-17(6-11)9(18)8-2-1-7(5-16)21-8/h7-8H,1-6,16H2,(H,19,20). The average Bonchev–Trinajstić information content (AvgIpc) is 3.04. The topological polar surface area (TPSA) is 92.9 Å². The molecule has 2 fully saturated rings. The maximum absolute atomic E-state index is 13.0. The van der Waals surface area contributed by atoms with Gasteiger partial charge in [0.25, 0.3) is 5.91 Å². The highest BCUT2D eigenvalue weighted by Gasteiger charge is 2.64. The number of halogens is 3. The molecule has 0 aromatic heterocycles. The van der Waals surface area contributed by atoms with E-state index in [1.165, 1.54) is 0 Å². The van der Waals surface area contributed by atoms with Crippen LogP contribution < -0.4 is 5.73 Å². The number of carbonyl (C=O) groups is 2. The predicted molar refractivity (Wildman–Crippen MR) is 64.3 cm³/mol. The molecule has 0 spiro atoms. The Balaban J connectivity index is 2.08. The summed E-state index contributed by atoms with van der Waals surface area (Å²) in [4.78, 5) is 24.1. The maximum atomic E-state index is 13.0. The fraction of sp³-hybridized carbons (Fsp3) is 0.833. The first-order valence-corrected chi connectivity index (χ1v) is 6.66. The van der Waals surface area contributed by atoms with Crippen LogP contribution in [0.1, 0.15) is 19.3 Å². The molecule has 9 heteroatoms. The molecule has 0 radical (unpaired) electrons. The van der Waals surface area contributed by atoms with Gasteiger partial charge < -0.3 is 20.5 Å². The van der Waals surface area contributed by atoms with Crippen molar-refractivity contribution in [1.29, 1.82) is 0 Å². The fourth-order valence-corrected chi connectivity index (χ4v) is 2.79. The van der Waals surface area contributed by atoms with E-state index < -0.39 is 42.5 Å². The van der Waals surface area contributed by atoms with Gasteiger partial charge in [-0.1, -0.05) is 0 Å². The number of nitrogens with two attached hydrogens (primary N) is 1. The molecule has 2 rings (SSSR count). The number of carboxylic acid groups (broad SMARTS) is 1. The molecule has 21 heavy (non-hydrogen) atoms. The molecule has 0 aromatic rings. The van der Waals surface area contributed by atoms with Crippen LogP contribution in [0, 0.1) is 5.41 Å². The molecule has 2 heterocycles. The number of nitrogens with zero attached hydrogens (tertiary/aromatic N) is 1. The van der Waals surface area contributed by atoms with Gasteiger partial charge in [-0.25, -0.2) is 0 Å².